The molecule has 4 rings (SSSR count). The largest absolute Gasteiger partial charge is 0.462 e. The van der Waals surface area contributed by atoms with Gasteiger partial charge in [0.2, 0.25) is 0 Å². The Morgan fingerprint density at radius 3 is 2.51 bits per heavy atom. The van der Waals surface area contributed by atoms with Crippen LogP contribution in [-0.4, -0.2) is 26.0 Å². The number of carbonyl (C=O) groups is 1. The minimum Gasteiger partial charge on any atom is -0.462 e. The molecule has 0 unspecified atom stereocenters. The average Bonchev–Trinajstić information content (AvgIpc) is 3.22. The van der Waals surface area contributed by atoms with Gasteiger partial charge in [-0.1, -0.05) is 24.3 Å². The van der Waals surface area contributed by atoms with E-state index in [9.17, 15) is 22.0 Å². The zero-order valence-corrected chi connectivity index (χ0v) is 20.6. The van der Waals surface area contributed by atoms with Gasteiger partial charge in [0.15, 0.2) is 0 Å². The zero-order chi connectivity index (χ0) is 25.2. The van der Waals surface area contributed by atoms with Crippen molar-refractivity contribution in [2.75, 3.05) is 10.9 Å². The summed E-state index contributed by atoms with van der Waals surface area (Å²) in [6.45, 7) is 2.41. The fourth-order valence-electron chi connectivity index (χ4n) is 3.70. The number of aryl methyl sites for hydroxylation is 1. The highest BCUT2D eigenvalue weighted by atomic mass is 32.2. The molecular formula is C25H22F2N2O4S2. The maximum atomic E-state index is 14.1. The van der Waals surface area contributed by atoms with Gasteiger partial charge in [0.25, 0.3) is 10.0 Å². The Labute approximate surface area is 205 Å². The summed E-state index contributed by atoms with van der Waals surface area (Å²) in [5.41, 5.74) is 0.836. The molecule has 0 atom stereocenters. The number of anilines is 1. The minimum absolute atomic E-state index is 0.0809. The third kappa shape index (κ3) is 4.89. The Morgan fingerprint density at radius 1 is 1.14 bits per heavy atom. The van der Waals surface area contributed by atoms with Gasteiger partial charge in [-0.25, -0.2) is 31.3 Å². The summed E-state index contributed by atoms with van der Waals surface area (Å²) < 4.78 is 60.9. The SMILES string of the molecule is CCOC(=O)c1ccc(S(=O)(=O)N(Cc2cc(F)c(CF)s2)c2ncc3ccccc3c2C)cc1. The van der Waals surface area contributed by atoms with Crippen molar-refractivity contribution in [3.63, 3.8) is 0 Å². The molecule has 0 aliphatic rings. The van der Waals surface area contributed by atoms with Crippen LogP contribution in [0.3, 0.4) is 0 Å². The van der Waals surface area contributed by atoms with Crippen molar-refractivity contribution in [3.05, 3.63) is 87.5 Å². The second kappa shape index (κ2) is 10.1. The van der Waals surface area contributed by atoms with Crippen LogP contribution in [0.4, 0.5) is 14.6 Å². The van der Waals surface area contributed by atoms with Gasteiger partial charge in [0.1, 0.15) is 18.3 Å². The highest BCUT2D eigenvalue weighted by molar-refractivity contribution is 7.92. The number of fused-ring (bicyclic) bond motifs is 1. The lowest BCUT2D eigenvalue weighted by Gasteiger charge is -2.25. The fourth-order valence-corrected chi connectivity index (χ4v) is 6.12. The molecule has 10 heteroatoms. The number of esters is 1. The number of hydrogen-bond donors (Lipinski definition) is 0. The van der Waals surface area contributed by atoms with Crippen LogP contribution in [0.5, 0.6) is 0 Å². The van der Waals surface area contributed by atoms with Crippen molar-refractivity contribution in [2.45, 2.75) is 32.0 Å². The number of carbonyl (C=O) groups excluding carboxylic acids is 1. The van der Waals surface area contributed by atoms with Gasteiger partial charge < -0.3 is 4.74 Å². The molecule has 0 bridgehead atoms. The van der Waals surface area contributed by atoms with Crippen LogP contribution < -0.4 is 4.31 Å². The van der Waals surface area contributed by atoms with Gasteiger partial charge in [-0.15, -0.1) is 11.3 Å². The van der Waals surface area contributed by atoms with Crippen LogP contribution >= 0.6 is 11.3 Å². The molecule has 2 aromatic heterocycles. The molecule has 2 heterocycles. The van der Waals surface area contributed by atoms with E-state index < -0.39 is 28.5 Å². The minimum atomic E-state index is -4.20. The van der Waals surface area contributed by atoms with Gasteiger partial charge in [-0.2, -0.15) is 0 Å². The summed E-state index contributed by atoms with van der Waals surface area (Å²) >= 11 is 0.870. The first kappa shape index (κ1) is 24.7. The fraction of sp³-hybridized carbons (Fsp3) is 0.200. The summed E-state index contributed by atoms with van der Waals surface area (Å²) in [6.07, 6.45) is 1.58. The van der Waals surface area contributed by atoms with Gasteiger partial charge in [-0.3, -0.25) is 0 Å². The molecular weight excluding hydrogens is 494 g/mol. The van der Waals surface area contributed by atoms with Crippen molar-refractivity contribution in [2.24, 2.45) is 0 Å². The first-order chi connectivity index (χ1) is 16.8. The molecule has 0 aliphatic carbocycles. The normalized spacial score (nSPS) is 11.5. The third-order valence-electron chi connectivity index (χ3n) is 5.45. The Hall–Kier alpha value is -3.37. The number of halogens is 2. The maximum Gasteiger partial charge on any atom is 0.338 e. The van der Waals surface area contributed by atoms with Crippen LogP contribution in [0, 0.1) is 12.7 Å². The van der Waals surface area contributed by atoms with Crippen molar-refractivity contribution in [3.8, 4) is 0 Å². The van der Waals surface area contributed by atoms with E-state index in [1.807, 2.05) is 24.3 Å². The number of hydrogen-bond acceptors (Lipinski definition) is 6. The quantitative estimate of drug-likeness (QED) is 0.277. The van der Waals surface area contributed by atoms with Crippen LogP contribution in [0.15, 0.2) is 65.7 Å². The van der Waals surface area contributed by atoms with Crippen LogP contribution in [-0.2, 0) is 28.0 Å². The van der Waals surface area contributed by atoms with Crippen LogP contribution in [0.2, 0.25) is 0 Å². The molecule has 0 spiro atoms. The lowest BCUT2D eigenvalue weighted by Crippen LogP contribution is -2.31. The molecule has 0 aliphatic heterocycles. The number of rotatable bonds is 8. The van der Waals surface area contributed by atoms with E-state index in [2.05, 4.69) is 4.98 Å². The number of aromatic nitrogens is 1. The molecule has 6 nitrogen and oxygen atoms in total. The number of pyridine rings is 1. The predicted octanol–water partition coefficient (Wildman–Crippen LogP) is 5.79. The van der Waals surface area contributed by atoms with Gasteiger partial charge >= 0.3 is 5.97 Å². The molecule has 2 aromatic carbocycles. The van der Waals surface area contributed by atoms with Crippen molar-refractivity contribution < 1.29 is 26.7 Å². The summed E-state index contributed by atoms with van der Waals surface area (Å²) in [7, 11) is -4.20. The Bertz CT molecular complexity index is 1490. The molecule has 4 aromatic rings. The lowest BCUT2D eigenvalue weighted by molar-refractivity contribution is 0.0526. The highest BCUT2D eigenvalue weighted by Crippen LogP contribution is 2.33. The smallest absolute Gasteiger partial charge is 0.338 e. The van der Waals surface area contributed by atoms with Gasteiger partial charge in [0.05, 0.1) is 28.5 Å². The number of sulfonamides is 1. The van der Waals surface area contributed by atoms with E-state index in [4.69, 9.17) is 4.74 Å². The first-order valence-electron chi connectivity index (χ1n) is 10.7. The van der Waals surface area contributed by atoms with Crippen molar-refractivity contribution in [1.29, 1.82) is 0 Å². The van der Waals surface area contributed by atoms with E-state index in [0.29, 0.717) is 10.4 Å². The number of alkyl halides is 1. The Balaban J connectivity index is 1.82. The third-order valence-corrected chi connectivity index (χ3v) is 8.25. The first-order valence-corrected chi connectivity index (χ1v) is 13.0. The van der Waals surface area contributed by atoms with Crippen LogP contribution in [0.25, 0.3) is 10.8 Å². The van der Waals surface area contributed by atoms with Crippen molar-refractivity contribution >= 4 is 43.9 Å². The van der Waals surface area contributed by atoms with Crippen molar-refractivity contribution in [1.82, 2.24) is 4.98 Å². The number of nitrogens with zero attached hydrogens (tertiary/aromatic N) is 2. The molecule has 0 saturated carbocycles. The molecule has 0 saturated heterocycles. The van der Waals surface area contributed by atoms with E-state index in [-0.39, 0.29) is 34.3 Å². The van der Waals surface area contributed by atoms with E-state index >= 15 is 0 Å². The predicted molar refractivity (Wildman–Crippen MR) is 131 cm³/mol. The molecule has 0 amide bonds. The monoisotopic (exact) mass is 516 g/mol. The van der Waals surface area contributed by atoms with E-state index in [1.165, 1.54) is 24.3 Å². The Kier molecular flexibility index (Phi) is 7.13. The van der Waals surface area contributed by atoms with Gasteiger partial charge in [0, 0.05) is 22.0 Å². The van der Waals surface area contributed by atoms with Crippen LogP contribution in [0.1, 0.15) is 32.6 Å². The number of thiophene rings is 1. The molecule has 0 fully saturated rings. The second-order valence-electron chi connectivity index (χ2n) is 7.67. The lowest BCUT2D eigenvalue weighted by atomic mass is 10.1. The second-order valence-corrected chi connectivity index (χ2v) is 10.8. The molecule has 0 radical (unpaired) electrons. The number of ether oxygens (including phenoxy) is 1. The van der Waals surface area contributed by atoms with E-state index in [1.54, 1.807) is 20.0 Å². The highest BCUT2D eigenvalue weighted by Gasteiger charge is 2.29. The molecule has 35 heavy (non-hydrogen) atoms. The standard InChI is InChI=1S/C25H22F2N2O4S2/c1-3-33-25(30)17-8-10-20(11-9-17)35(31,32)29(15-19-12-22(27)23(13-26)34-19)24-16(2)21-7-5-4-6-18(21)14-28-24/h4-12,14H,3,13,15H2,1-2H3. The zero-order valence-electron chi connectivity index (χ0n) is 19.0. The Morgan fingerprint density at radius 2 is 1.86 bits per heavy atom. The topological polar surface area (TPSA) is 76.6 Å². The summed E-state index contributed by atoms with van der Waals surface area (Å²) in [5.74, 6) is -1.10. The van der Waals surface area contributed by atoms with E-state index in [0.717, 1.165) is 32.5 Å². The molecule has 182 valence electrons. The summed E-state index contributed by atoms with van der Waals surface area (Å²) in [5, 5.41) is 1.66. The molecule has 0 N–H and O–H groups in total. The van der Waals surface area contributed by atoms with Gasteiger partial charge in [-0.05, 0) is 49.6 Å². The number of benzene rings is 2. The average molecular weight is 517 g/mol. The maximum absolute atomic E-state index is 14.1. The summed E-state index contributed by atoms with van der Waals surface area (Å²) in [6, 6.07) is 13.9. The summed E-state index contributed by atoms with van der Waals surface area (Å²) in [4.78, 5) is 16.6.